The van der Waals surface area contributed by atoms with Gasteiger partial charge in [0.2, 0.25) is 5.95 Å². The molecular weight excluding hydrogens is 633 g/mol. The SMILES string of the molecule is CCC(C(=O)O)n1ncnc1Cn1c(=O)nc(Nc2c(Cl)cc3nn(C)cc3c2CCCN)n(Cc2cc(F)c(F)cc2F)c1=O. The highest BCUT2D eigenvalue weighted by Crippen LogP contribution is 2.35. The molecule has 2 aromatic carbocycles. The molecule has 0 radical (unpaired) electrons. The molecule has 14 nitrogen and oxygen atoms in total. The molecule has 242 valence electrons. The van der Waals surface area contributed by atoms with Gasteiger partial charge in [0, 0.05) is 30.3 Å². The van der Waals surface area contributed by atoms with Gasteiger partial charge in [-0.15, -0.1) is 0 Å². The summed E-state index contributed by atoms with van der Waals surface area (Å²) in [7, 11) is 1.73. The molecule has 4 N–H and O–H groups in total. The summed E-state index contributed by atoms with van der Waals surface area (Å²) >= 11 is 6.66. The zero-order valence-electron chi connectivity index (χ0n) is 24.5. The first-order chi connectivity index (χ1) is 21.9. The number of nitrogens with two attached hydrogens (primary N) is 1. The second-order valence-electron chi connectivity index (χ2n) is 10.4. The van der Waals surface area contributed by atoms with Gasteiger partial charge in [-0.1, -0.05) is 18.5 Å². The predicted octanol–water partition coefficient (Wildman–Crippen LogP) is 2.72. The molecule has 3 aromatic heterocycles. The van der Waals surface area contributed by atoms with E-state index in [2.05, 4.69) is 25.5 Å². The van der Waals surface area contributed by atoms with Crippen LogP contribution in [0.4, 0.5) is 24.8 Å². The van der Waals surface area contributed by atoms with Gasteiger partial charge < -0.3 is 16.2 Å². The van der Waals surface area contributed by atoms with Gasteiger partial charge in [0.25, 0.3) is 0 Å². The summed E-state index contributed by atoms with van der Waals surface area (Å²) in [6.07, 6.45) is 3.91. The summed E-state index contributed by atoms with van der Waals surface area (Å²) in [5.74, 6) is -5.58. The van der Waals surface area contributed by atoms with Crippen LogP contribution in [0, 0.1) is 17.5 Å². The number of nitrogens with zero attached hydrogens (tertiary/aromatic N) is 8. The number of aryl methyl sites for hydroxylation is 2. The van der Waals surface area contributed by atoms with E-state index >= 15 is 0 Å². The first-order valence-electron chi connectivity index (χ1n) is 14.0. The molecule has 1 unspecified atom stereocenters. The molecule has 0 saturated heterocycles. The van der Waals surface area contributed by atoms with Crippen LogP contribution in [0.2, 0.25) is 5.02 Å². The second kappa shape index (κ2) is 13.1. The number of carboxylic acid groups (broad SMARTS) is 1. The molecule has 3 heterocycles. The largest absolute Gasteiger partial charge is 0.480 e. The van der Waals surface area contributed by atoms with Crippen molar-refractivity contribution >= 4 is 40.1 Å². The monoisotopic (exact) mass is 660 g/mol. The molecule has 0 saturated carbocycles. The number of aromatic nitrogens is 8. The molecule has 5 rings (SSSR count). The Labute approximate surface area is 262 Å². The van der Waals surface area contributed by atoms with Crippen molar-refractivity contribution in [2.24, 2.45) is 12.8 Å². The zero-order chi connectivity index (χ0) is 33.3. The zero-order valence-corrected chi connectivity index (χ0v) is 25.3. The number of fused-ring (bicyclic) bond motifs is 1. The summed E-state index contributed by atoms with van der Waals surface area (Å²) in [6, 6.07) is 1.36. The topological polar surface area (TPSA) is 181 Å². The first kappa shape index (κ1) is 32.4. The highest BCUT2D eigenvalue weighted by Gasteiger charge is 2.25. The fraction of sp³-hybridized carbons (Fsp3) is 0.321. The van der Waals surface area contributed by atoms with E-state index in [1.807, 2.05) is 0 Å². The maximum Gasteiger partial charge on any atom is 0.355 e. The molecule has 0 aliphatic carbocycles. The quantitative estimate of drug-likeness (QED) is 0.168. The minimum Gasteiger partial charge on any atom is -0.480 e. The van der Waals surface area contributed by atoms with E-state index in [4.69, 9.17) is 17.3 Å². The Morgan fingerprint density at radius 1 is 1.11 bits per heavy atom. The molecule has 46 heavy (non-hydrogen) atoms. The number of anilines is 2. The van der Waals surface area contributed by atoms with Gasteiger partial charge in [-0.3, -0.25) is 9.25 Å². The summed E-state index contributed by atoms with van der Waals surface area (Å²) < 4.78 is 46.9. The summed E-state index contributed by atoms with van der Waals surface area (Å²) in [5, 5.41) is 21.7. The molecule has 0 aliphatic heterocycles. The number of benzene rings is 2. The van der Waals surface area contributed by atoms with Gasteiger partial charge in [0.15, 0.2) is 17.7 Å². The summed E-state index contributed by atoms with van der Waals surface area (Å²) in [6.45, 7) is 0.700. The predicted molar refractivity (Wildman–Crippen MR) is 161 cm³/mol. The Morgan fingerprint density at radius 2 is 1.85 bits per heavy atom. The van der Waals surface area contributed by atoms with Gasteiger partial charge in [0.1, 0.15) is 18.0 Å². The lowest BCUT2D eigenvalue weighted by molar-refractivity contribution is -0.141. The number of nitrogens with one attached hydrogen (secondary N) is 1. The van der Waals surface area contributed by atoms with E-state index in [0.29, 0.717) is 52.6 Å². The molecule has 0 aliphatic rings. The minimum atomic E-state index is -1.43. The lowest BCUT2D eigenvalue weighted by atomic mass is 10.0. The average molecular weight is 661 g/mol. The summed E-state index contributed by atoms with van der Waals surface area (Å²) in [4.78, 5) is 47.2. The lowest BCUT2D eigenvalue weighted by Gasteiger charge is -2.19. The summed E-state index contributed by atoms with van der Waals surface area (Å²) in [5.41, 5.74) is 4.71. The van der Waals surface area contributed by atoms with Crippen molar-refractivity contribution < 1.29 is 23.1 Å². The molecule has 0 fully saturated rings. The number of halogens is 4. The van der Waals surface area contributed by atoms with Crippen molar-refractivity contribution in [3.8, 4) is 0 Å². The maximum absolute atomic E-state index is 14.8. The Hall–Kier alpha value is -5.03. The Morgan fingerprint density at radius 3 is 2.54 bits per heavy atom. The average Bonchev–Trinajstić information content (AvgIpc) is 3.61. The molecule has 0 amide bonds. The molecular formula is C28H28ClF3N10O4. The highest BCUT2D eigenvalue weighted by atomic mass is 35.5. The van der Waals surface area contributed by atoms with Crippen LogP contribution in [-0.2, 0) is 31.4 Å². The number of hydrogen-bond acceptors (Lipinski definition) is 9. The minimum absolute atomic E-state index is 0.0457. The van der Waals surface area contributed by atoms with Crippen molar-refractivity contribution in [3.05, 3.63) is 91.1 Å². The van der Waals surface area contributed by atoms with E-state index in [9.17, 15) is 32.7 Å². The van der Waals surface area contributed by atoms with Gasteiger partial charge in [-0.05, 0) is 43.5 Å². The van der Waals surface area contributed by atoms with Crippen molar-refractivity contribution in [2.75, 3.05) is 11.9 Å². The molecule has 1 atom stereocenters. The Kier molecular flexibility index (Phi) is 9.24. The van der Waals surface area contributed by atoms with Crippen LogP contribution < -0.4 is 22.4 Å². The normalized spacial score (nSPS) is 12.2. The third-order valence-corrected chi connectivity index (χ3v) is 7.63. The molecule has 18 heteroatoms. The fourth-order valence-corrected chi connectivity index (χ4v) is 5.36. The Bertz CT molecular complexity index is 2070. The van der Waals surface area contributed by atoms with Crippen LogP contribution >= 0.6 is 11.6 Å². The van der Waals surface area contributed by atoms with Crippen LogP contribution in [0.1, 0.15) is 42.8 Å². The van der Waals surface area contributed by atoms with Crippen molar-refractivity contribution in [2.45, 2.75) is 45.3 Å². The van der Waals surface area contributed by atoms with Crippen LogP contribution in [-0.4, -0.2) is 56.3 Å². The van der Waals surface area contributed by atoms with E-state index in [-0.39, 0.29) is 28.9 Å². The maximum atomic E-state index is 14.8. The van der Waals surface area contributed by atoms with E-state index < -0.39 is 59.5 Å². The second-order valence-corrected chi connectivity index (χ2v) is 10.8. The van der Waals surface area contributed by atoms with Gasteiger partial charge >= 0.3 is 17.3 Å². The number of hydrogen-bond donors (Lipinski definition) is 3. The van der Waals surface area contributed by atoms with E-state index in [0.717, 1.165) is 15.6 Å². The number of aliphatic carboxylic acids is 1. The standard InChI is InChI=1S/C28H28ClF3N10O4/c1-3-22(25(43)44)42-23(34-13-35-42)12-41-27(45)37-26(40(28(41)46)10-14-7-19(31)20(32)9-18(14)30)36-24-15(5-4-6-33)16-11-39(2)38-21(16)8-17(24)29/h7-9,11,13,22H,3-6,10,12,33H2,1-2H3,(H,43,44)(H,36,37,45). The van der Waals surface area contributed by atoms with Gasteiger partial charge in [0.05, 0.1) is 29.3 Å². The highest BCUT2D eigenvalue weighted by molar-refractivity contribution is 6.34. The van der Waals surface area contributed by atoms with Gasteiger partial charge in [-0.25, -0.2) is 41.8 Å². The van der Waals surface area contributed by atoms with E-state index in [1.54, 1.807) is 30.9 Å². The number of rotatable bonds is 12. The third kappa shape index (κ3) is 6.23. The fourth-order valence-electron chi connectivity index (χ4n) is 5.10. The van der Waals surface area contributed by atoms with Crippen LogP contribution in [0.3, 0.4) is 0 Å². The molecule has 0 spiro atoms. The van der Waals surface area contributed by atoms with Crippen LogP contribution in [0.5, 0.6) is 0 Å². The molecule has 5 aromatic rings. The van der Waals surface area contributed by atoms with Gasteiger partial charge in [-0.2, -0.15) is 15.2 Å². The van der Waals surface area contributed by atoms with Crippen molar-refractivity contribution in [1.29, 1.82) is 0 Å². The number of carboxylic acids is 1. The van der Waals surface area contributed by atoms with Crippen LogP contribution in [0.15, 0.2) is 40.3 Å². The first-order valence-corrected chi connectivity index (χ1v) is 14.4. The number of carbonyl (C=O) groups is 1. The Balaban J connectivity index is 1.69. The lowest BCUT2D eigenvalue weighted by Crippen LogP contribution is -2.43. The van der Waals surface area contributed by atoms with E-state index in [1.165, 1.54) is 0 Å². The molecule has 0 bridgehead atoms. The smallest absolute Gasteiger partial charge is 0.355 e. The van der Waals surface area contributed by atoms with Crippen LogP contribution in [0.25, 0.3) is 10.9 Å². The van der Waals surface area contributed by atoms with Crippen molar-refractivity contribution in [3.63, 3.8) is 0 Å². The third-order valence-electron chi connectivity index (χ3n) is 7.34. The van der Waals surface area contributed by atoms with Crippen molar-refractivity contribution in [1.82, 2.24) is 38.7 Å².